The Morgan fingerprint density at radius 1 is 0.481 bits per heavy atom. The van der Waals surface area contributed by atoms with Gasteiger partial charge in [-0.2, -0.15) is 0 Å². The molecule has 1 nitrogen and oxygen atoms in total. The highest BCUT2D eigenvalue weighted by Crippen LogP contribution is 2.47. The van der Waals surface area contributed by atoms with Crippen LogP contribution in [0.3, 0.4) is 0 Å². The lowest BCUT2D eigenvalue weighted by Crippen LogP contribution is -1.98. The number of hydrogen-bond donors (Lipinski definition) is 1. The Balaban J connectivity index is 0.000000134. The summed E-state index contributed by atoms with van der Waals surface area (Å²) in [5.74, 6) is 0.594. The van der Waals surface area contributed by atoms with Crippen LogP contribution in [0.1, 0.15) is 39.8 Å². The van der Waals surface area contributed by atoms with Crippen molar-refractivity contribution in [3.05, 3.63) is 143 Å². The Bertz CT molecular complexity index is 916. The van der Waals surface area contributed by atoms with Gasteiger partial charge >= 0.3 is 0 Å². The summed E-state index contributed by atoms with van der Waals surface area (Å²) in [7, 11) is 0. The van der Waals surface area contributed by atoms with Crippen LogP contribution in [0.5, 0.6) is 0 Å². The quantitative estimate of drug-likeness (QED) is 0.426. The molecule has 0 aromatic heterocycles. The van der Waals surface area contributed by atoms with E-state index in [1.807, 2.05) is 60.7 Å². The normalized spacial score (nSPS) is 12.1. The summed E-state index contributed by atoms with van der Waals surface area (Å²) in [6.07, 6.45) is -0.516. The molecule has 1 N–H and O–H groups in total. The third kappa shape index (κ3) is 3.99. The summed E-state index contributed by atoms with van der Waals surface area (Å²) < 4.78 is 0. The summed E-state index contributed by atoms with van der Waals surface area (Å²) in [6, 6.07) is 38.7. The van der Waals surface area contributed by atoms with Gasteiger partial charge in [0, 0.05) is 5.92 Å². The monoisotopic (exact) mass is 350 g/mol. The van der Waals surface area contributed by atoms with E-state index in [1.165, 1.54) is 16.7 Å². The fourth-order valence-corrected chi connectivity index (χ4v) is 3.43. The molecule has 0 spiro atoms. The van der Waals surface area contributed by atoms with E-state index in [1.54, 1.807) is 0 Å². The standard InChI is InChI=1S/C13H12O.C13H10/c14-13(11-7-3-1-4-8-11)12-9-5-2-6-10-12;1-2-6-10(7-3-1)13-11-8-4-5-9-12(11)13/h1-10,13-14H;1-9,13H. The Morgan fingerprint density at radius 3 is 1.30 bits per heavy atom. The molecule has 0 saturated heterocycles. The molecule has 0 atom stereocenters. The van der Waals surface area contributed by atoms with E-state index in [2.05, 4.69) is 54.6 Å². The van der Waals surface area contributed by atoms with Gasteiger partial charge in [0.15, 0.2) is 0 Å². The second-order valence-corrected chi connectivity index (χ2v) is 6.70. The Hall–Kier alpha value is -3.16. The lowest BCUT2D eigenvalue weighted by molar-refractivity contribution is 0.220. The van der Waals surface area contributed by atoms with E-state index in [0.717, 1.165) is 11.1 Å². The number of aliphatic hydroxyl groups excluding tert-OH is 1. The molecular formula is C26H22O. The molecule has 0 unspecified atom stereocenters. The molecule has 1 aliphatic rings. The summed E-state index contributed by atoms with van der Waals surface area (Å²) in [6.45, 7) is 0. The highest BCUT2D eigenvalue weighted by molar-refractivity contribution is 5.59. The van der Waals surface area contributed by atoms with Crippen LogP contribution >= 0.6 is 0 Å². The van der Waals surface area contributed by atoms with Gasteiger partial charge in [-0.3, -0.25) is 0 Å². The Labute approximate surface area is 160 Å². The molecule has 132 valence electrons. The minimum Gasteiger partial charge on any atom is -0.384 e. The van der Waals surface area contributed by atoms with Crippen molar-refractivity contribution in [2.75, 3.05) is 0 Å². The zero-order valence-corrected chi connectivity index (χ0v) is 15.1. The SMILES string of the molecule is OC(c1ccccc1)c1ccccc1.c1ccc(C2c3ccccc32)cc1. The molecular weight excluding hydrogens is 328 g/mol. The molecule has 0 heterocycles. The smallest absolute Gasteiger partial charge is 0.104 e. The highest BCUT2D eigenvalue weighted by atomic mass is 16.3. The van der Waals surface area contributed by atoms with Gasteiger partial charge in [-0.05, 0) is 27.8 Å². The number of fused-ring (bicyclic) bond motifs is 1. The van der Waals surface area contributed by atoms with Gasteiger partial charge in [0.05, 0.1) is 0 Å². The first-order chi connectivity index (χ1) is 13.3. The number of rotatable bonds is 3. The Kier molecular flexibility index (Phi) is 5.13. The third-order valence-electron chi connectivity index (χ3n) is 4.90. The van der Waals surface area contributed by atoms with Crippen molar-refractivity contribution in [2.45, 2.75) is 12.0 Å². The molecule has 0 bridgehead atoms. The van der Waals surface area contributed by atoms with Crippen molar-refractivity contribution >= 4 is 0 Å². The van der Waals surface area contributed by atoms with E-state index in [9.17, 15) is 5.11 Å². The van der Waals surface area contributed by atoms with E-state index >= 15 is 0 Å². The largest absolute Gasteiger partial charge is 0.384 e. The van der Waals surface area contributed by atoms with Crippen molar-refractivity contribution in [3.8, 4) is 0 Å². The minimum absolute atomic E-state index is 0.516. The fraction of sp³-hybridized carbons (Fsp3) is 0.0769. The maximum absolute atomic E-state index is 9.99. The fourth-order valence-electron chi connectivity index (χ4n) is 3.43. The van der Waals surface area contributed by atoms with E-state index < -0.39 is 6.10 Å². The molecule has 1 heteroatoms. The molecule has 5 rings (SSSR count). The molecule has 27 heavy (non-hydrogen) atoms. The average molecular weight is 350 g/mol. The van der Waals surface area contributed by atoms with Gasteiger partial charge in [0.2, 0.25) is 0 Å². The van der Waals surface area contributed by atoms with Crippen LogP contribution in [0.4, 0.5) is 0 Å². The topological polar surface area (TPSA) is 20.2 Å². The van der Waals surface area contributed by atoms with Gasteiger partial charge < -0.3 is 5.11 Å². The van der Waals surface area contributed by atoms with E-state index in [4.69, 9.17) is 0 Å². The third-order valence-corrected chi connectivity index (χ3v) is 4.90. The van der Waals surface area contributed by atoms with Gasteiger partial charge in [-0.1, -0.05) is 115 Å². The Morgan fingerprint density at radius 2 is 0.852 bits per heavy atom. The first-order valence-electron chi connectivity index (χ1n) is 9.26. The van der Waals surface area contributed by atoms with Crippen molar-refractivity contribution in [1.82, 2.24) is 0 Å². The minimum atomic E-state index is -0.516. The highest BCUT2D eigenvalue weighted by Gasteiger charge is 2.32. The molecule has 0 aliphatic heterocycles. The molecule has 0 saturated carbocycles. The van der Waals surface area contributed by atoms with Crippen molar-refractivity contribution in [3.63, 3.8) is 0 Å². The second-order valence-electron chi connectivity index (χ2n) is 6.70. The predicted molar refractivity (Wildman–Crippen MR) is 111 cm³/mol. The first-order valence-corrected chi connectivity index (χ1v) is 9.26. The zero-order chi connectivity index (χ0) is 18.5. The average Bonchev–Trinajstić information content (AvgIpc) is 3.50. The molecule has 1 aliphatic carbocycles. The number of aliphatic hydroxyl groups is 1. The lowest BCUT2D eigenvalue weighted by atomic mass is 10.0. The van der Waals surface area contributed by atoms with Crippen LogP contribution in [0.25, 0.3) is 0 Å². The van der Waals surface area contributed by atoms with Crippen molar-refractivity contribution in [1.29, 1.82) is 0 Å². The summed E-state index contributed by atoms with van der Waals surface area (Å²) >= 11 is 0. The van der Waals surface area contributed by atoms with Crippen LogP contribution in [0.2, 0.25) is 0 Å². The second kappa shape index (κ2) is 8.03. The van der Waals surface area contributed by atoms with E-state index in [-0.39, 0.29) is 0 Å². The van der Waals surface area contributed by atoms with E-state index in [0.29, 0.717) is 5.92 Å². The molecule has 4 aromatic rings. The predicted octanol–water partition coefficient (Wildman–Crippen LogP) is 5.95. The molecule has 0 fully saturated rings. The lowest BCUT2D eigenvalue weighted by Gasteiger charge is -2.10. The van der Waals surface area contributed by atoms with Gasteiger partial charge in [0.25, 0.3) is 0 Å². The number of benzene rings is 4. The van der Waals surface area contributed by atoms with Crippen molar-refractivity contribution in [2.24, 2.45) is 0 Å². The van der Waals surface area contributed by atoms with Crippen molar-refractivity contribution < 1.29 is 5.11 Å². The summed E-state index contributed by atoms with van der Waals surface area (Å²) in [5.41, 5.74) is 6.27. The zero-order valence-electron chi connectivity index (χ0n) is 15.1. The van der Waals surface area contributed by atoms with Gasteiger partial charge in [-0.15, -0.1) is 0 Å². The summed E-state index contributed by atoms with van der Waals surface area (Å²) in [5, 5.41) is 9.99. The van der Waals surface area contributed by atoms with Crippen LogP contribution < -0.4 is 0 Å². The maximum Gasteiger partial charge on any atom is 0.104 e. The first kappa shape index (κ1) is 17.3. The van der Waals surface area contributed by atoms with Crippen LogP contribution in [-0.2, 0) is 0 Å². The number of hydrogen-bond acceptors (Lipinski definition) is 1. The molecule has 0 radical (unpaired) electrons. The summed E-state index contributed by atoms with van der Waals surface area (Å²) in [4.78, 5) is 0. The maximum atomic E-state index is 9.99. The molecule has 0 amide bonds. The van der Waals surface area contributed by atoms with Crippen LogP contribution in [-0.4, -0.2) is 5.11 Å². The van der Waals surface area contributed by atoms with Crippen LogP contribution in [0, 0.1) is 0 Å². The van der Waals surface area contributed by atoms with Gasteiger partial charge in [0.1, 0.15) is 6.10 Å². The van der Waals surface area contributed by atoms with Gasteiger partial charge in [-0.25, -0.2) is 0 Å². The van der Waals surface area contributed by atoms with Crippen LogP contribution in [0.15, 0.2) is 115 Å². The molecule has 4 aromatic carbocycles.